The molecule has 1 saturated carbocycles. The molecule has 1 aliphatic rings. The summed E-state index contributed by atoms with van der Waals surface area (Å²) in [7, 11) is 5.77. The Labute approximate surface area is 231 Å². The van der Waals surface area contributed by atoms with Gasteiger partial charge in [0.25, 0.3) is 0 Å². The Morgan fingerprint density at radius 3 is 2.44 bits per heavy atom. The van der Waals surface area contributed by atoms with Crippen LogP contribution >= 0.6 is 0 Å². The second-order valence-electron chi connectivity index (χ2n) is 10.5. The van der Waals surface area contributed by atoms with Gasteiger partial charge in [-0.15, -0.1) is 0 Å². The van der Waals surface area contributed by atoms with Crippen LogP contribution in [0.15, 0.2) is 72.8 Å². The van der Waals surface area contributed by atoms with E-state index in [9.17, 15) is 0 Å². The summed E-state index contributed by atoms with van der Waals surface area (Å²) in [6, 6.07) is 24.9. The van der Waals surface area contributed by atoms with Gasteiger partial charge in [-0.05, 0) is 61.9 Å². The maximum atomic E-state index is 5.96. The molecule has 1 heterocycles. The molecule has 0 aliphatic heterocycles. The van der Waals surface area contributed by atoms with Crippen molar-refractivity contribution in [1.82, 2.24) is 15.3 Å². The first kappa shape index (κ1) is 26.8. The number of nitrogens with zero attached hydrogens (tertiary/aromatic N) is 3. The van der Waals surface area contributed by atoms with Crippen molar-refractivity contribution in [2.45, 2.75) is 44.9 Å². The predicted molar refractivity (Wildman–Crippen MR) is 159 cm³/mol. The highest BCUT2D eigenvalue weighted by Crippen LogP contribution is 2.29. The van der Waals surface area contributed by atoms with E-state index in [0.29, 0.717) is 18.6 Å². The van der Waals surface area contributed by atoms with Crippen LogP contribution in [0.25, 0.3) is 10.9 Å². The first-order valence-electron chi connectivity index (χ1n) is 13.8. The summed E-state index contributed by atoms with van der Waals surface area (Å²) in [6.07, 6.45) is 4.61. The zero-order valence-electron chi connectivity index (χ0n) is 23.2. The van der Waals surface area contributed by atoms with E-state index in [1.54, 1.807) is 7.11 Å². The van der Waals surface area contributed by atoms with Gasteiger partial charge in [0, 0.05) is 43.7 Å². The van der Waals surface area contributed by atoms with Gasteiger partial charge in [0.05, 0.1) is 12.6 Å². The number of methoxy groups -OCH3 is 1. The number of nitrogens with one attached hydrogen (secondary N) is 2. The third kappa shape index (κ3) is 6.98. The van der Waals surface area contributed by atoms with Crippen molar-refractivity contribution in [1.29, 1.82) is 0 Å². The fraction of sp³-hybridized carbons (Fsp3) is 0.375. The third-order valence-corrected chi connectivity index (χ3v) is 7.44. The van der Waals surface area contributed by atoms with E-state index in [1.165, 1.54) is 12.8 Å². The molecule has 0 atom stereocenters. The molecule has 7 heteroatoms. The second kappa shape index (κ2) is 12.8. The van der Waals surface area contributed by atoms with Crippen molar-refractivity contribution in [2.24, 2.45) is 5.92 Å². The number of aromatic nitrogens is 2. The number of hydrogen-bond donors (Lipinski definition) is 2. The minimum Gasteiger partial charge on any atom is -0.496 e. The average molecular weight is 526 g/mol. The molecule has 5 rings (SSSR count). The van der Waals surface area contributed by atoms with Gasteiger partial charge in [0.15, 0.2) is 0 Å². The van der Waals surface area contributed by atoms with Gasteiger partial charge < -0.3 is 25.0 Å². The monoisotopic (exact) mass is 525 g/mol. The average Bonchev–Trinajstić information content (AvgIpc) is 2.97. The van der Waals surface area contributed by atoms with Crippen LogP contribution in [0.1, 0.15) is 36.8 Å². The van der Waals surface area contributed by atoms with Crippen LogP contribution in [-0.2, 0) is 13.2 Å². The molecular formula is C32H39N5O2. The molecule has 4 aromatic rings. The van der Waals surface area contributed by atoms with Crippen molar-refractivity contribution in [3.63, 3.8) is 0 Å². The van der Waals surface area contributed by atoms with Crippen LogP contribution in [0, 0.1) is 5.92 Å². The number of para-hydroxylation sites is 1. The first-order valence-corrected chi connectivity index (χ1v) is 13.8. The lowest BCUT2D eigenvalue weighted by molar-refractivity contribution is 0.303. The van der Waals surface area contributed by atoms with E-state index in [1.807, 2.05) is 56.6 Å². The highest BCUT2D eigenvalue weighted by atomic mass is 16.5. The van der Waals surface area contributed by atoms with E-state index in [2.05, 4.69) is 45.9 Å². The van der Waals surface area contributed by atoms with Gasteiger partial charge >= 0.3 is 0 Å². The molecular weight excluding hydrogens is 486 g/mol. The minimum atomic E-state index is 0.404. The van der Waals surface area contributed by atoms with Gasteiger partial charge in [0.1, 0.15) is 23.9 Å². The molecule has 7 nitrogen and oxygen atoms in total. The number of ether oxygens (including phenoxy) is 2. The molecule has 0 unspecified atom stereocenters. The van der Waals surface area contributed by atoms with E-state index in [0.717, 1.165) is 71.2 Å². The SMILES string of the molecule is COc1cc(OCc2ccccc2)ccc1CNCC1CCC(Nc2nc(N(C)C)c3ccccc3n2)CC1. The molecule has 1 aliphatic carbocycles. The molecule has 0 amide bonds. The first-order chi connectivity index (χ1) is 19.1. The van der Waals surface area contributed by atoms with Crippen molar-refractivity contribution >= 4 is 22.7 Å². The van der Waals surface area contributed by atoms with Crippen molar-refractivity contribution < 1.29 is 9.47 Å². The smallest absolute Gasteiger partial charge is 0.225 e. The molecule has 0 radical (unpaired) electrons. The Hall–Kier alpha value is -3.84. The number of benzene rings is 3. The minimum absolute atomic E-state index is 0.404. The maximum absolute atomic E-state index is 5.96. The zero-order chi connectivity index (χ0) is 27.0. The number of fused-ring (bicyclic) bond motifs is 1. The predicted octanol–water partition coefficient (Wildman–Crippen LogP) is 6.04. The quantitative estimate of drug-likeness (QED) is 0.247. The fourth-order valence-electron chi connectivity index (χ4n) is 5.27. The highest BCUT2D eigenvalue weighted by molar-refractivity contribution is 5.90. The van der Waals surface area contributed by atoms with Crippen molar-refractivity contribution in [2.75, 3.05) is 38.0 Å². The number of anilines is 2. The summed E-state index contributed by atoms with van der Waals surface area (Å²) in [4.78, 5) is 11.7. The summed E-state index contributed by atoms with van der Waals surface area (Å²) >= 11 is 0. The highest BCUT2D eigenvalue weighted by Gasteiger charge is 2.22. The molecule has 204 valence electrons. The summed E-state index contributed by atoms with van der Waals surface area (Å²) in [5, 5.41) is 8.35. The van der Waals surface area contributed by atoms with Gasteiger partial charge in [0.2, 0.25) is 5.95 Å². The number of rotatable bonds is 11. The molecule has 2 N–H and O–H groups in total. The van der Waals surface area contributed by atoms with Crippen LogP contribution in [-0.4, -0.2) is 43.8 Å². The lowest BCUT2D eigenvalue weighted by Crippen LogP contribution is -2.31. The Morgan fingerprint density at radius 2 is 1.67 bits per heavy atom. The lowest BCUT2D eigenvalue weighted by Gasteiger charge is -2.29. The standard InChI is InChI=1S/C32H39N5O2/c1-37(2)31-28-11-7-8-12-29(28)35-32(36-31)34-26-16-13-23(14-17-26)20-33-21-25-15-18-27(19-30(25)38-3)39-22-24-9-5-4-6-10-24/h4-12,15,18-19,23,26,33H,13-14,16-17,20-22H2,1-3H3,(H,34,35,36). The Morgan fingerprint density at radius 1 is 0.897 bits per heavy atom. The Kier molecular flexibility index (Phi) is 8.78. The van der Waals surface area contributed by atoms with Gasteiger partial charge in [-0.3, -0.25) is 0 Å². The second-order valence-corrected chi connectivity index (χ2v) is 10.5. The van der Waals surface area contributed by atoms with Crippen LogP contribution in [0.5, 0.6) is 11.5 Å². The molecule has 1 fully saturated rings. The number of hydrogen-bond acceptors (Lipinski definition) is 7. The van der Waals surface area contributed by atoms with E-state index >= 15 is 0 Å². The summed E-state index contributed by atoms with van der Waals surface area (Å²) in [6.45, 7) is 2.32. The third-order valence-electron chi connectivity index (χ3n) is 7.44. The molecule has 1 aromatic heterocycles. The van der Waals surface area contributed by atoms with E-state index in [-0.39, 0.29) is 0 Å². The summed E-state index contributed by atoms with van der Waals surface area (Å²) in [5.41, 5.74) is 3.27. The fourth-order valence-corrected chi connectivity index (χ4v) is 5.27. The van der Waals surface area contributed by atoms with Crippen LogP contribution in [0.4, 0.5) is 11.8 Å². The summed E-state index contributed by atoms with van der Waals surface area (Å²) < 4.78 is 11.6. The van der Waals surface area contributed by atoms with Crippen LogP contribution < -0.4 is 25.0 Å². The van der Waals surface area contributed by atoms with E-state index < -0.39 is 0 Å². The molecule has 39 heavy (non-hydrogen) atoms. The zero-order valence-corrected chi connectivity index (χ0v) is 23.2. The van der Waals surface area contributed by atoms with Gasteiger partial charge in [-0.25, -0.2) is 4.98 Å². The molecule has 0 spiro atoms. The van der Waals surface area contributed by atoms with Crippen LogP contribution in [0.2, 0.25) is 0 Å². The normalized spacial score (nSPS) is 17.1. The largest absolute Gasteiger partial charge is 0.496 e. The summed E-state index contributed by atoms with van der Waals surface area (Å²) in [5.74, 6) is 4.01. The lowest BCUT2D eigenvalue weighted by atomic mass is 9.86. The van der Waals surface area contributed by atoms with E-state index in [4.69, 9.17) is 19.4 Å². The van der Waals surface area contributed by atoms with Gasteiger partial charge in [-0.2, -0.15) is 4.98 Å². The molecule has 0 bridgehead atoms. The Bertz CT molecular complexity index is 1350. The van der Waals surface area contributed by atoms with Crippen LogP contribution in [0.3, 0.4) is 0 Å². The molecule has 0 saturated heterocycles. The Balaban J connectivity index is 1.09. The topological polar surface area (TPSA) is 71.5 Å². The van der Waals surface area contributed by atoms with Gasteiger partial charge in [-0.1, -0.05) is 48.5 Å². The van der Waals surface area contributed by atoms with Crippen molar-refractivity contribution in [3.05, 3.63) is 83.9 Å². The maximum Gasteiger partial charge on any atom is 0.225 e. The van der Waals surface area contributed by atoms with Crippen molar-refractivity contribution in [3.8, 4) is 11.5 Å². The molecule has 3 aromatic carbocycles.